The van der Waals surface area contributed by atoms with Gasteiger partial charge in [0.15, 0.2) is 0 Å². The van der Waals surface area contributed by atoms with Crippen LogP contribution in [0.1, 0.15) is 12.8 Å². The highest BCUT2D eigenvalue weighted by Gasteiger charge is 2.17. The molecular formula is C10H16N4O2. The van der Waals surface area contributed by atoms with Gasteiger partial charge >= 0.3 is 0 Å². The molecule has 0 unspecified atom stereocenters. The summed E-state index contributed by atoms with van der Waals surface area (Å²) < 4.78 is 0. The molecule has 1 aliphatic rings. The Bertz CT molecular complexity index is 292. The van der Waals surface area contributed by atoms with Crippen LogP contribution in [0.25, 0.3) is 0 Å². The highest BCUT2D eigenvalue weighted by atomic mass is 16.2. The maximum Gasteiger partial charge on any atom is 0.236 e. The third-order valence-electron chi connectivity index (χ3n) is 2.39. The lowest BCUT2D eigenvalue weighted by molar-refractivity contribution is -0.129. The van der Waals surface area contributed by atoms with Crippen molar-refractivity contribution in [2.45, 2.75) is 12.8 Å². The molecule has 0 aromatic carbocycles. The summed E-state index contributed by atoms with van der Waals surface area (Å²) in [5.41, 5.74) is 0. The molecule has 2 N–H and O–H groups in total. The predicted molar refractivity (Wildman–Crippen MR) is 57.3 cm³/mol. The lowest BCUT2D eigenvalue weighted by Gasteiger charge is -2.15. The average Bonchev–Trinajstić information content (AvgIpc) is 2.79. The number of nitrogens with one attached hydrogen (secondary N) is 2. The van der Waals surface area contributed by atoms with Crippen LogP contribution in [0.5, 0.6) is 0 Å². The molecule has 16 heavy (non-hydrogen) atoms. The van der Waals surface area contributed by atoms with Gasteiger partial charge in [-0.3, -0.25) is 14.9 Å². The van der Waals surface area contributed by atoms with Crippen molar-refractivity contribution >= 4 is 11.8 Å². The first kappa shape index (κ1) is 12.5. The number of hydrogen-bond donors (Lipinski definition) is 2. The smallest absolute Gasteiger partial charge is 0.236 e. The average molecular weight is 224 g/mol. The summed E-state index contributed by atoms with van der Waals surface area (Å²) in [5.74, 6) is -0.235. The van der Waals surface area contributed by atoms with Gasteiger partial charge in [-0.15, -0.1) is 0 Å². The first-order valence-electron chi connectivity index (χ1n) is 5.36. The number of nitrogens with zero attached hydrogens (tertiary/aromatic N) is 2. The van der Waals surface area contributed by atoms with Crippen molar-refractivity contribution < 1.29 is 9.59 Å². The zero-order valence-corrected chi connectivity index (χ0v) is 9.16. The SMILES string of the molecule is N#CCNC(=O)CNCC(=O)N1CCCC1. The van der Waals surface area contributed by atoms with Crippen molar-refractivity contribution in [2.75, 3.05) is 32.7 Å². The highest BCUT2D eigenvalue weighted by molar-refractivity contribution is 5.81. The molecule has 1 saturated heterocycles. The summed E-state index contributed by atoms with van der Waals surface area (Å²) in [6.07, 6.45) is 2.13. The summed E-state index contributed by atoms with van der Waals surface area (Å²) in [5, 5.41) is 13.4. The Morgan fingerprint density at radius 3 is 2.56 bits per heavy atom. The highest BCUT2D eigenvalue weighted by Crippen LogP contribution is 2.06. The van der Waals surface area contributed by atoms with E-state index < -0.39 is 0 Å². The summed E-state index contributed by atoms with van der Waals surface area (Å²) in [4.78, 5) is 24.4. The zero-order chi connectivity index (χ0) is 11.8. The van der Waals surface area contributed by atoms with E-state index >= 15 is 0 Å². The third-order valence-corrected chi connectivity index (χ3v) is 2.39. The standard InChI is InChI=1S/C10H16N4O2/c11-3-4-13-9(15)7-12-8-10(16)14-5-1-2-6-14/h12H,1-2,4-8H2,(H,13,15). The molecule has 88 valence electrons. The molecule has 0 atom stereocenters. The molecule has 0 aromatic heterocycles. The van der Waals surface area contributed by atoms with E-state index in [1.165, 1.54) is 0 Å². The molecule has 0 aliphatic carbocycles. The number of hydrogen-bond acceptors (Lipinski definition) is 4. The van der Waals surface area contributed by atoms with Crippen molar-refractivity contribution in [3.63, 3.8) is 0 Å². The van der Waals surface area contributed by atoms with Gasteiger partial charge < -0.3 is 10.2 Å². The fourth-order valence-corrected chi connectivity index (χ4v) is 1.56. The van der Waals surface area contributed by atoms with Crippen molar-refractivity contribution in [3.8, 4) is 6.07 Å². The van der Waals surface area contributed by atoms with Crippen molar-refractivity contribution in [1.29, 1.82) is 5.26 Å². The molecule has 1 fully saturated rings. The van der Waals surface area contributed by atoms with E-state index in [4.69, 9.17) is 5.26 Å². The Morgan fingerprint density at radius 1 is 1.25 bits per heavy atom. The molecular weight excluding hydrogens is 208 g/mol. The van der Waals surface area contributed by atoms with Gasteiger partial charge in [0.05, 0.1) is 19.2 Å². The van der Waals surface area contributed by atoms with E-state index in [0.29, 0.717) is 0 Å². The summed E-state index contributed by atoms with van der Waals surface area (Å²) in [6.45, 7) is 1.89. The van der Waals surface area contributed by atoms with Gasteiger partial charge in [0, 0.05) is 13.1 Å². The van der Waals surface area contributed by atoms with Crippen molar-refractivity contribution in [2.24, 2.45) is 0 Å². The number of amides is 2. The second-order valence-electron chi connectivity index (χ2n) is 3.63. The first-order valence-corrected chi connectivity index (χ1v) is 5.36. The second kappa shape index (κ2) is 6.80. The molecule has 1 aliphatic heterocycles. The van der Waals surface area contributed by atoms with Crippen LogP contribution in [0, 0.1) is 11.3 Å². The molecule has 6 heteroatoms. The molecule has 1 rings (SSSR count). The monoisotopic (exact) mass is 224 g/mol. The quantitative estimate of drug-likeness (QED) is 0.577. The third kappa shape index (κ3) is 4.28. The number of likely N-dealkylation sites (tertiary alicyclic amines) is 1. The minimum Gasteiger partial charge on any atom is -0.342 e. The Balaban J connectivity index is 2.08. The molecule has 0 saturated carbocycles. The van der Waals surface area contributed by atoms with Crippen LogP contribution >= 0.6 is 0 Å². The fraction of sp³-hybridized carbons (Fsp3) is 0.700. The van der Waals surface area contributed by atoms with E-state index in [9.17, 15) is 9.59 Å². The minimum absolute atomic E-state index is 0.000580. The van der Waals surface area contributed by atoms with Crippen molar-refractivity contribution in [3.05, 3.63) is 0 Å². The Morgan fingerprint density at radius 2 is 1.94 bits per heavy atom. The molecule has 0 spiro atoms. The molecule has 0 aromatic rings. The van der Waals surface area contributed by atoms with Gasteiger partial charge in [0.2, 0.25) is 11.8 Å². The topological polar surface area (TPSA) is 85.2 Å². The maximum absolute atomic E-state index is 11.5. The molecule has 2 amide bonds. The molecule has 1 heterocycles. The number of rotatable bonds is 5. The van der Waals surface area contributed by atoms with Gasteiger partial charge in [-0.1, -0.05) is 0 Å². The van der Waals surface area contributed by atoms with E-state index in [2.05, 4.69) is 10.6 Å². The van der Waals surface area contributed by atoms with E-state index in [0.717, 1.165) is 25.9 Å². The summed E-state index contributed by atoms with van der Waals surface area (Å²) >= 11 is 0. The van der Waals surface area contributed by atoms with Crippen LogP contribution in [0.15, 0.2) is 0 Å². The van der Waals surface area contributed by atoms with E-state index in [-0.39, 0.29) is 31.4 Å². The lowest BCUT2D eigenvalue weighted by atomic mass is 10.4. The largest absolute Gasteiger partial charge is 0.342 e. The van der Waals surface area contributed by atoms with E-state index in [1.54, 1.807) is 4.90 Å². The molecule has 0 radical (unpaired) electrons. The van der Waals surface area contributed by atoms with Crippen LogP contribution in [-0.4, -0.2) is 49.4 Å². The van der Waals surface area contributed by atoms with Crippen LogP contribution < -0.4 is 10.6 Å². The number of nitriles is 1. The first-order chi connectivity index (χ1) is 7.74. The Labute approximate surface area is 94.6 Å². The van der Waals surface area contributed by atoms with E-state index in [1.807, 2.05) is 6.07 Å². The normalized spacial score (nSPS) is 14.6. The van der Waals surface area contributed by atoms with Crippen LogP contribution in [0.4, 0.5) is 0 Å². The minimum atomic E-state index is -0.268. The van der Waals surface area contributed by atoms with Crippen molar-refractivity contribution in [1.82, 2.24) is 15.5 Å². The van der Waals surface area contributed by atoms with Gasteiger partial charge in [0.25, 0.3) is 0 Å². The summed E-state index contributed by atoms with van der Waals surface area (Å²) in [7, 11) is 0. The fourth-order valence-electron chi connectivity index (χ4n) is 1.56. The second-order valence-corrected chi connectivity index (χ2v) is 3.63. The molecule has 6 nitrogen and oxygen atoms in total. The lowest BCUT2D eigenvalue weighted by Crippen LogP contribution is -2.40. The Kier molecular flexibility index (Phi) is 5.29. The maximum atomic E-state index is 11.5. The number of carbonyl (C=O) groups excluding carboxylic acids is 2. The molecule has 0 bridgehead atoms. The van der Waals surface area contributed by atoms with Gasteiger partial charge in [-0.05, 0) is 12.8 Å². The van der Waals surface area contributed by atoms with Gasteiger partial charge in [-0.25, -0.2) is 0 Å². The van der Waals surface area contributed by atoms with Crippen LogP contribution in [0.3, 0.4) is 0 Å². The van der Waals surface area contributed by atoms with Crippen LogP contribution in [0.2, 0.25) is 0 Å². The summed E-state index contributed by atoms with van der Waals surface area (Å²) in [6, 6.07) is 1.81. The Hall–Kier alpha value is -1.61. The number of carbonyl (C=O) groups is 2. The zero-order valence-electron chi connectivity index (χ0n) is 9.16. The van der Waals surface area contributed by atoms with Gasteiger partial charge in [-0.2, -0.15) is 5.26 Å². The van der Waals surface area contributed by atoms with Gasteiger partial charge in [0.1, 0.15) is 6.54 Å². The van der Waals surface area contributed by atoms with Crippen LogP contribution in [-0.2, 0) is 9.59 Å². The predicted octanol–water partition coefficient (Wildman–Crippen LogP) is -1.16.